The summed E-state index contributed by atoms with van der Waals surface area (Å²) >= 11 is 1.20. The van der Waals surface area contributed by atoms with Gasteiger partial charge in [0.1, 0.15) is 21.2 Å². The molecule has 0 fully saturated rings. The van der Waals surface area contributed by atoms with Crippen molar-refractivity contribution in [3.63, 3.8) is 0 Å². The number of nitrogens with zero attached hydrogens (tertiary/aromatic N) is 1. The number of rotatable bonds is 6. The van der Waals surface area contributed by atoms with Gasteiger partial charge in [0.15, 0.2) is 0 Å². The Bertz CT molecular complexity index is 1690. The van der Waals surface area contributed by atoms with E-state index in [1.54, 1.807) is 6.92 Å². The zero-order chi connectivity index (χ0) is 27.0. The zero-order valence-electron chi connectivity index (χ0n) is 21.6. The molecule has 3 aromatic heterocycles. The fraction of sp³-hybridized carbons (Fsp3) is 0.167. The number of thiophene rings is 1. The van der Waals surface area contributed by atoms with Crippen molar-refractivity contribution in [2.45, 2.75) is 34.2 Å². The van der Waals surface area contributed by atoms with Gasteiger partial charge in [0.2, 0.25) is 0 Å². The standard InChI is InChI=1S/C30H28N4O3S/c1-16-10-12-21(17(2)14-16)34-28(35)23-19(4)33-30-25(24(23)22-13-11-18(3)37-22)26(31)27(38-30)29(36)32-15-20-8-6-5-7-9-20/h5-14H,15,31H2,1-4H3,(H,32,36)(H,34,35). The van der Waals surface area contributed by atoms with Crippen LogP contribution in [0.2, 0.25) is 0 Å². The Kier molecular flexibility index (Phi) is 6.73. The molecule has 0 aliphatic carbocycles. The maximum Gasteiger partial charge on any atom is 0.263 e. The second kappa shape index (κ2) is 10.1. The molecular weight excluding hydrogens is 496 g/mol. The monoisotopic (exact) mass is 524 g/mol. The third-order valence-corrected chi connectivity index (χ3v) is 7.50. The molecule has 2 amide bonds. The number of carbonyl (C=O) groups is 2. The van der Waals surface area contributed by atoms with Crippen molar-refractivity contribution in [3.05, 3.63) is 99.2 Å². The molecule has 5 aromatic rings. The molecule has 5 rings (SSSR count). The predicted molar refractivity (Wildman–Crippen MR) is 153 cm³/mol. The zero-order valence-corrected chi connectivity index (χ0v) is 22.5. The van der Waals surface area contributed by atoms with Crippen molar-refractivity contribution in [1.29, 1.82) is 0 Å². The largest absolute Gasteiger partial charge is 0.461 e. The van der Waals surface area contributed by atoms with E-state index < -0.39 is 0 Å². The summed E-state index contributed by atoms with van der Waals surface area (Å²) in [7, 11) is 0. The Morgan fingerprint density at radius 1 is 0.974 bits per heavy atom. The van der Waals surface area contributed by atoms with Gasteiger partial charge < -0.3 is 20.8 Å². The van der Waals surface area contributed by atoms with Crippen LogP contribution in [0.1, 0.15) is 48.2 Å². The number of benzene rings is 2. The predicted octanol–water partition coefficient (Wildman–Crippen LogP) is 6.55. The van der Waals surface area contributed by atoms with Crippen LogP contribution in [0.25, 0.3) is 21.5 Å². The van der Waals surface area contributed by atoms with Gasteiger partial charge in [-0.1, -0.05) is 48.0 Å². The molecule has 0 radical (unpaired) electrons. The molecular formula is C30H28N4O3S. The van der Waals surface area contributed by atoms with E-state index in [1.165, 1.54) is 11.3 Å². The summed E-state index contributed by atoms with van der Waals surface area (Å²) < 4.78 is 5.98. The molecule has 38 heavy (non-hydrogen) atoms. The molecule has 0 saturated heterocycles. The highest BCUT2D eigenvalue weighted by atomic mass is 32.1. The summed E-state index contributed by atoms with van der Waals surface area (Å²) in [6.45, 7) is 7.94. The first-order valence-electron chi connectivity index (χ1n) is 12.2. The van der Waals surface area contributed by atoms with E-state index >= 15 is 0 Å². The van der Waals surface area contributed by atoms with Gasteiger partial charge in [-0.05, 0) is 57.0 Å². The summed E-state index contributed by atoms with van der Waals surface area (Å²) in [4.78, 5) is 32.5. The Labute approximate surface area is 224 Å². The third-order valence-electron chi connectivity index (χ3n) is 6.40. The Balaban J connectivity index is 1.61. The number of fused-ring (bicyclic) bond motifs is 1. The number of aromatic nitrogens is 1. The van der Waals surface area contributed by atoms with Gasteiger partial charge in [-0.2, -0.15) is 0 Å². The molecule has 0 bridgehead atoms. The minimum absolute atomic E-state index is 0.271. The summed E-state index contributed by atoms with van der Waals surface area (Å²) in [5.74, 6) is 0.561. The van der Waals surface area contributed by atoms with E-state index in [2.05, 4.69) is 10.6 Å². The van der Waals surface area contributed by atoms with Crippen LogP contribution in [0.3, 0.4) is 0 Å². The molecule has 3 heterocycles. The summed E-state index contributed by atoms with van der Waals surface area (Å²) in [5, 5.41) is 6.50. The second-order valence-electron chi connectivity index (χ2n) is 9.32. The fourth-order valence-electron chi connectivity index (χ4n) is 4.52. The van der Waals surface area contributed by atoms with Crippen LogP contribution in [-0.4, -0.2) is 16.8 Å². The summed E-state index contributed by atoms with van der Waals surface area (Å²) in [6, 6.07) is 19.1. The Hall–Kier alpha value is -4.43. The van der Waals surface area contributed by atoms with Crippen LogP contribution in [0.5, 0.6) is 0 Å². The number of hydrogen-bond donors (Lipinski definition) is 3. The lowest BCUT2D eigenvalue weighted by Crippen LogP contribution is -2.22. The minimum Gasteiger partial charge on any atom is -0.461 e. The normalized spacial score (nSPS) is 11.1. The average Bonchev–Trinajstić information content (AvgIpc) is 3.46. The van der Waals surface area contributed by atoms with Crippen LogP contribution >= 0.6 is 11.3 Å². The third kappa shape index (κ3) is 4.78. The maximum absolute atomic E-state index is 13.7. The number of anilines is 2. The highest BCUT2D eigenvalue weighted by Gasteiger charge is 2.28. The quantitative estimate of drug-likeness (QED) is 0.233. The van der Waals surface area contributed by atoms with Gasteiger partial charge >= 0.3 is 0 Å². The van der Waals surface area contributed by atoms with Crippen LogP contribution in [0.4, 0.5) is 11.4 Å². The fourth-order valence-corrected chi connectivity index (χ4v) is 5.59. The van der Waals surface area contributed by atoms with E-state index in [9.17, 15) is 9.59 Å². The molecule has 0 aliphatic heterocycles. The van der Waals surface area contributed by atoms with Crippen molar-refractivity contribution >= 4 is 44.7 Å². The molecule has 7 nitrogen and oxygen atoms in total. The van der Waals surface area contributed by atoms with Gasteiger partial charge in [-0.25, -0.2) is 4.98 Å². The van der Waals surface area contributed by atoms with E-state index in [0.717, 1.165) is 16.7 Å². The van der Waals surface area contributed by atoms with Gasteiger partial charge in [0, 0.05) is 23.2 Å². The van der Waals surface area contributed by atoms with Crippen molar-refractivity contribution in [2.24, 2.45) is 0 Å². The molecule has 2 aromatic carbocycles. The van der Waals surface area contributed by atoms with Crippen molar-refractivity contribution in [1.82, 2.24) is 10.3 Å². The molecule has 8 heteroatoms. The number of nitrogen functional groups attached to an aromatic ring is 1. The van der Waals surface area contributed by atoms with Crippen LogP contribution < -0.4 is 16.4 Å². The molecule has 0 spiro atoms. The number of amides is 2. The number of furan rings is 1. The van der Waals surface area contributed by atoms with Gasteiger partial charge in [-0.3, -0.25) is 9.59 Å². The SMILES string of the molecule is Cc1ccc(NC(=O)c2c(C)nc3sc(C(=O)NCc4ccccc4)c(N)c3c2-c2ccc(C)o2)c(C)c1. The van der Waals surface area contributed by atoms with E-state index in [4.69, 9.17) is 15.1 Å². The van der Waals surface area contributed by atoms with E-state index in [-0.39, 0.29) is 17.5 Å². The van der Waals surface area contributed by atoms with Crippen LogP contribution in [-0.2, 0) is 6.54 Å². The van der Waals surface area contributed by atoms with Crippen molar-refractivity contribution < 1.29 is 14.0 Å². The first-order valence-corrected chi connectivity index (χ1v) is 13.0. The lowest BCUT2D eigenvalue weighted by atomic mass is 9.99. The highest BCUT2D eigenvalue weighted by Crippen LogP contribution is 2.42. The number of pyridine rings is 1. The van der Waals surface area contributed by atoms with E-state index in [0.29, 0.717) is 55.7 Å². The number of nitrogens with two attached hydrogens (primary N) is 1. The average molecular weight is 525 g/mol. The topological polar surface area (TPSA) is 110 Å². The number of hydrogen-bond acceptors (Lipinski definition) is 6. The van der Waals surface area contributed by atoms with Crippen LogP contribution in [0, 0.1) is 27.7 Å². The van der Waals surface area contributed by atoms with E-state index in [1.807, 2.05) is 81.4 Å². The lowest BCUT2D eigenvalue weighted by Gasteiger charge is -2.14. The molecule has 0 aliphatic rings. The van der Waals surface area contributed by atoms with Gasteiger partial charge in [0.05, 0.1) is 16.9 Å². The van der Waals surface area contributed by atoms with Crippen molar-refractivity contribution in [2.75, 3.05) is 11.1 Å². The second-order valence-corrected chi connectivity index (χ2v) is 10.3. The lowest BCUT2D eigenvalue weighted by molar-refractivity contribution is 0.0955. The molecule has 4 N–H and O–H groups in total. The molecule has 0 atom stereocenters. The maximum atomic E-state index is 13.7. The number of aryl methyl sites for hydroxylation is 4. The number of carbonyl (C=O) groups excluding carboxylic acids is 2. The molecule has 0 saturated carbocycles. The Morgan fingerprint density at radius 2 is 1.74 bits per heavy atom. The molecule has 192 valence electrons. The van der Waals surface area contributed by atoms with Crippen molar-refractivity contribution in [3.8, 4) is 11.3 Å². The summed E-state index contributed by atoms with van der Waals surface area (Å²) in [5.41, 5.74) is 12.0. The van der Waals surface area contributed by atoms with Crippen LogP contribution in [0.15, 0.2) is 65.1 Å². The minimum atomic E-state index is -0.325. The smallest absolute Gasteiger partial charge is 0.263 e. The molecule has 0 unspecified atom stereocenters. The number of nitrogens with one attached hydrogen (secondary N) is 2. The first kappa shape index (κ1) is 25.2. The van der Waals surface area contributed by atoms with Gasteiger partial charge in [0.25, 0.3) is 11.8 Å². The first-order chi connectivity index (χ1) is 18.2. The van der Waals surface area contributed by atoms with Gasteiger partial charge in [-0.15, -0.1) is 11.3 Å². The summed E-state index contributed by atoms with van der Waals surface area (Å²) in [6.07, 6.45) is 0. The highest BCUT2D eigenvalue weighted by molar-refractivity contribution is 7.21. The Morgan fingerprint density at radius 3 is 2.42 bits per heavy atom.